The minimum atomic E-state index is -3.65. The molecule has 1 fully saturated rings. The number of piperidine rings is 1. The second-order valence-electron chi connectivity index (χ2n) is 5.34. The standard InChI is InChI=1S/C14H23N3O4S/c1-15-22(19,20)13-7-6-12(21-13)14(18)16-8-5-11-17-9-3-2-4-10-17/h6-7,15H,2-5,8-11H2,1H3,(H,16,18). The van der Waals surface area contributed by atoms with Crippen molar-refractivity contribution in [2.24, 2.45) is 0 Å². The maximum atomic E-state index is 11.9. The minimum absolute atomic E-state index is 0.00629. The lowest BCUT2D eigenvalue weighted by atomic mass is 10.1. The fourth-order valence-corrected chi connectivity index (χ4v) is 3.11. The van der Waals surface area contributed by atoms with E-state index in [4.69, 9.17) is 4.42 Å². The molecule has 1 saturated heterocycles. The first-order valence-electron chi connectivity index (χ1n) is 7.57. The third-order valence-electron chi connectivity index (χ3n) is 3.72. The summed E-state index contributed by atoms with van der Waals surface area (Å²) in [5.41, 5.74) is 0. The zero-order valence-electron chi connectivity index (χ0n) is 12.8. The van der Waals surface area contributed by atoms with Gasteiger partial charge in [0.25, 0.3) is 15.9 Å². The van der Waals surface area contributed by atoms with Crippen LogP contribution in [0.5, 0.6) is 0 Å². The lowest BCUT2D eigenvalue weighted by Crippen LogP contribution is -2.33. The Morgan fingerprint density at radius 1 is 1.27 bits per heavy atom. The highest BCUT2D eigenvalue weighted by Crippen LogP contribution is 2.13. The molecule has 0 radical (unpaired) electrons. The van der Waals surface area contributed by atoms with Crippen LogP contribution in [0.15, 0.2) is 21.6 Å². The summed E-state index contributed by atoms with van der Waals surface area (Å²) in [6.07, 6.45) is 4.68. The van der Waals surface area contributed by atoms with Crippen molar-refractivity contribution >= 4 is 15.9 Å². The van der Waals surface area contributed by atoms with Gasteiger partial charge in [-0.2, -0.15) is 0 Å². The number of hydrogen-bond donors (Lipinski definition) is 2. The number of furan rings is 1. The van der Waals surface area contributed by atoms with Crippen LogP contribution in [0.4, 0.5) is 0 Å². The third kappa shape index (κ3) is 4.56. The molecule has 1 amide bonds. The number of hydrogen-bond acceptors (Lipinski definition) is 5. The van der Waals surface area contributed by atoms with Crippen LogP contribution in [0.1, 0.15) is 36.2 Å². The van der Waals surface area contributed by atoms with Gasteiger partial charge in [0.2, 0.25) is 5.09 Å². The van der Waals surface area contributed by atoms with Gasteiger partial charge in [-0.1, -0.05) is 6.42 Å². The van der Waals surface area contributed by atoms with Crippen molar-refractivity contribution in [2.45, 2.75) is 30.8 Å². The Balaban J connectivity index is 1.75. The van der Waals surface area contributed by atoms with Gasteiger partial charge in [-0.05, 0) is 58.1 Å². The summed E-state index contributed by atoms with van der Waals surface area (Å²) < 4.78 is 30.3. The fraction of sp³-hybridized carbons (Fsp3) is 0.643. The summed E-state index contributed by atoms with van der Waals surface area (Å²) in [5, 5.41) is 2.49. The molecule has 7 nitrogen and oxygen atoms in total. The fourth-order valence-electron chi connectivity index (χ4n) is 2.46. The average Bonchev–Trinajstić information content (AvgIpc) is 3.03. The maximum absolute atomic E-state index is 11.9. The van der Waals surface area contributed by atoms with E-state index in [0.717, 1.165) is 26.1 Å². The van der Waals surface area contributed by atoms with Crippen LogP contribution < -0.4 is 10.0 Å². The first-order valence-corrected chi connectivity index (χ1v) is 9.05. The smallest absolute Gasteiger partial charge is 0.287 e. The van der Waals surface area contributed by atoms with E-state index in [-0.39, 0.29) is 10.9 Å². The highest BCUT2D eigenvalue weighted by atomic mass is 32.2. The predicted octanol–water partition coefficient (Wildman–Crippen LogP) is 0.793. The van der Waals surface area contributed by atoms with Crippen molar-refractivity contribution in [3.63, 3.8) is 0 Å². The molecule has 0 spiro atoms. The number of nitrogens with one attached hydrogen (secondary N) is 2. The summed E-state index contributed by atoms with van der Waals surface area (Å²) in [4.78, 5) is 14.3. The Hall–Kier alpha value is -1.38. The van der Waals surface area contributed by atoms with E-state index in [1.165, 1.54) is 38.4 Å². The van der Waals surface area contributed by atoms with E-state index in [1.54, 1.807) is 0 Å². The lowest BCUT2D eigenvalue weighted by molar-refractivity contribution is 0.0918. The maximum Gasteiger partial charge on any atom is 0.287 e. The van der Waals surface area contributed by atoms with E-state index >= 15 is 0 Å². The van der Waals surface area contributed by atoms with Crippen molar-refractivity contribution in [2.75, 3.05) is 33.2 Å². The number of sulfonamides is 1. The molecule has 0 unspecified atom stereocenters. The van der Waals surface area contributed by atoms with Crippen molar-refractivity contribution in [1.29, 1.82) is 0 Å². The van der Waals surface area contributed by atoms with Crippen LogP contribution in [0.3, 0.4) is 0 Å². The first-order chi connectivity index (χ1) is 10.5. The molecule has 0 aliphatic carbocycles. The minimum Gasteiger partial charge on any atom is -0.438 e. The van der Waals surface area contributed by atoms with Crippen LogP contribution in [-0.4, -0.2) is 52.5 Å². The number of nitrogens with zero attached hydrogens (tertiary/aromatic N) is 1. The molecule has 1 aliphatic heterocycles. The monoisotopic (exact) mass is 329 g/mol. The Morgan fingerprint density at radius 2 is 2.00 bits per heavy atom. The van der Waals surface area contributed by atoms with E-state index < -0.39 is 15.9 Å². The van der Waals surface area contributed by atoms with Crippen molar-refractivity contribution < 1.29 is 17.6 Å². The highest BCUT2D eigenvalue weighted by Gasteiger charge is 2.19. The summed E-state index contributed by atoms with van der Waals surface area (Å²) >= 11 is 0. The summed E-state index contributed by atoms with van der Waals surface area (Å²) in [7, 11) is -2.36. The molecular weight excluding hydrogens is 306 g/mol. The number of carbonyl (C=O) groups excluding carboxylic acids is 1. The van der Waals surface area contributed by atoms with Gasteiger partial charge in [0.15, 0.2) is 5.76 Å². The van der Waals surface area contributed by atoms with Gasteiger partial charge in [-0.3, -0.25) is 4.79 Å². The van der Waals surface area contributed by atoms with Crippen LogP contribution in [-0.2, 0) is 10.0 Å². The van der Waals surface area contributed by atoms with Gasteiger partial charge in [0, 0.05) is 6.54 Å². The molecule has 1 aromatic heterocycles. The second kappa shape index (κ2) is 7.75. The van der Waals surface area contributed by atoms with Crippen LogP contribution in [0.25, 0.3) is 0 Å². The molecule has 2 N–H and O–H groups in total. The molecule has 2 rings (SSSR count). The molecule has 22 heavy (non-hydrogen) atoms. The van der Waals surface area contributed by atoms with Gasteiger partial charge in [-0.25, -0.2) is 13.1 Å². The largest absolute Gasteiger partial charge is 0.438 e. The van der Waals surface area contributed by atoms with Crippen molar-refractivity contribution in [3.05, 3.63) is 17.9 Å². The van der Waals surface area contributed by atoms with E-state index in [0.29, 0.717) is 6.54 Å². The van der Waals surface area contributed by atoms with E-state index in [2.05, 4.69) is 14.9 Å². The van der Waals surface area contributed by atoms with Gasteiger partial charge in [0.05, 0.1) is 0 Å². The predicted molar refractivity (Wildman–Crippen MR) is 82.2 cm³/mol. The van der Waals surface area contributed by atoms with Gasteiger partial charge in [0.1, 0.15) is 0 Å². The number of amides is 1. The first kappa shape index (κ1) is 17.0. The third-order valence-corrected chi connectivity index (χ3v) is 5.01. The average molecular weight is 329 g/mol. The zero-order chi connectivity index (χ0) is 16.0. The van der Waals surface area contributed by atoms with Crippen LogP contribution in [0.2, 0.25) is 0 Å². The van der Waals surface area contributed by atoms with Gasteiger partial charge in [-0.15, -0.1) is 0 Å². The molecule has 0 atom stereocenters. The Bertz CT molecular complexity index is 591. The summed E-state index contributed by atoms with van der Waals surface area (Å²) in [6, 6.07) is 2.64. The van der Waals surface area contributed by atoms with Crippen LogP contribution >= 0.6 is 0 Å². The topological polar surface area (TPSA) is 91.6 Å². The second-order valence-corrected chi connectivity index (χ2v) is 7.16. The number of carbonyl (C=O) groups is 1. The number of likely N-dealkylation sites (tertiary alicyclic amines) is 1. The molecule has 8 heteroatoms. The lowest BCUT2D eigenvalue weighted by Gasteiger charge is -2.26. The Morgan fingerprint density at radius 3 is 2.68 bits per heavy atom. The molecule has 0 bridgehead atoms. The quantitative estimate of drug-likeness (QED) is 0.722. The molecule has 1 aliphatic rings. The molecule has 2 heterocycles. The molecule has 0 saturated carbocycles. The van der Waals surface area contributed by atoms with Crippen molar-refractivity contribution in [1.82, 2.24) is 14.9 Å². The van der Waals surface area contributed by atoms with E-state index in [1.807, 2.05) is 0 Å². The summed E-state index contributed by atoms with van der Waals surface area (Å²) in [5.74, 6) is -0.386. The normalized spacial score (nSPS) is 16.6. The SMILES string of the molecule is CNS(=O)(=O)c1ccc(C(=O)NCCCN2CCCCC2)o1. The highest BCUT2D eigenvalue weighted by molar-refractivity contribution is 7.89. The van der Waals surface area contributed by atoms with Gasteiger partial charge < -0.3 is 14.6 Å². The molecule has 1 aromatic rings. The molecule has 0 aromatic carbocycles. The Labute approximate surface area is 131 Å². The van der Waals surface area contributed by atoms with E-state index in [9.17, 15) is 13.2 Å². The van der Waals surface area contributed by atoms with Gasteiger partial charge >= 0.3 is 0 Å². The van der Waals surface area contributed by atoms with Crippen LogP contribution in [0, 0.1) is 0 Å². The van der Waals surface area contributed by atoms with Crippen molar-refractivity contribution in [3.8, 4) is 0 Å². The summed E-state index contributed by atoms with van der Waals surface area (Å²) in [6.45, 7) is 3.79. The molecule has 124 valence electrons. The zero-order valence-corrected chi connectivity index (χ0v) is 13.6. The Kier molecular flexibility index (Phi) is 5.98. The number of rotatable bonds is 7. The molecular formula is C14H23N3O4S.